The largest absolute Gasteiger partial charge is 0.337 e. The van der Waals surface area contributed by atoms with Crippen LogP contribution in [0.1, 0.15) is 25.7 Å². The summed E-state index contributed by atoms with van der Waals surface area (Å²) >= 11 is 0. The lowest BCUT2D eigenvalue weighted by atomic mass is 10.1. The predicted molar refractivity (Wildman–Crippen MR) is 89.5 cm³/mol. The molecule has 1 heterocycles. The second-order valence-electron chi connectivity index (χ2n) is 6.30. The molecule has 1 N–H and O–H groups in total. The minimum absolute atomic E-state index is 0.208. The van der Waals surface area contributed by atoms with Gasteiger partial charge in [0.2, 0.25) is 0 Å². The minimum Gasteiger partial charge on any atom is -0.337 e. The third-order valence-corrected chi connectivity index (χ3v) is 4.42. The van der Waals surface area contributed by atoms with Crippen LogP contribution in [0.3, 0.4) is 0 Å². The molecule has 0 saturated heterocycles. The molecule has 1 aromatic heterocycles. The number of nitrogens with one attached hydrogen (secondary N) is 1. The lowest BCUT2D eigenvalue weighted by Crippen LogP contribution is -2.39. The molecule has 1 fully saturated rings. The van der Waals surface area contributed by atoms with E-state index in [9.17, 15) is 14.0 Å². The molecule has 132 valence electrons. The highest BCUT2D eigenvalue weighted by molar-refractivity contribution is 6.39. The third-order valence-electron chi connectivity index (χ3n) is 4.42. The molecule has 25 heavy (non-hydrogen) atoms. The summed E-state index contributed by atoms with van der Waals surface area (Å²) in [5.74, 6) is -1.50. The van der Waals surface area contributed by atoms with Gasteiger partial charge in [-0.3, -0.25) is 9.59 Å². The highest BCUT2D eigenvalue weighted by Crippen LogP contribution is 2.25. The molecule has 2 aromatic rings. The van der Waals surface area contributed by atoms with Crippen LogP contribution in [-0.2, 0) is 9.59 Å². The van der Waals surface area contributed by atoms with E-state index in [0.717, 1.165) is 18.9 Å². The molecule has 0 spiro atoms. The Kier molecular flexibility index (Phi) is 5.06. The zero-order valence-corrected chi connectivity index (χ0v) is 14.0. The average molecular weight is 345 g/mol. The van der Waals surface area contributed by atoms with Gasteiger partial charge in [0, 0.05) is 19.3 Å². The second kappa shape index (κ2) is 7.42. The van der Waals surface area contributed by atoms with Crippen molar-refractivity contribution in [1.82, 2.24) is 19.7 Å². The number of aromatic nitrogens is 3. The predicted octanol–water partition coefficient (Wildman–Crippen LogP) is 1.99. The van der Waals surface area contributed by atoms with Gasteiger partial charge in [-0.15, -0.1) is 0 Å². The molecule has 0 aliphatic heterocycles. The number of amides is 2. The van der Waals surface area contributed by atoms with Crippen molar-refractivity contribution in [1.29, 1.82) is 0 Å². The highest BCUT2D eigenvalue weighted by Gasteiger charge is 2.23. The number of anilines is 1. The molecule has 2 amide bonds. The first-order chi connectivity index (χ1) is 12.0. The van der Waals surface area contributed by atoms with Crippen LogP contribution in [0, 0.1) is 11.7 Å². The van der Waals surface area contributed by atoms with Crippen molar-refractivity contribution >= 4 is 17.5 Å². The van der Waals surface area contributed by atoms with Crippen LogP contribution in [0.25, 0.3) is 5.69 Å². The summed E-state index contributed by atoms with van der Waals surface area (Å²) in [5, 5.41) is 6.30. The van der Waals surface area contributed by atoms with E-state index in [0.29, 0.717) is 12.5 Å². The molecule has 3 rings (SSSR count). The van der Waals surface area contributed by atoms with E-state index < -0.39 is 17.6 Å². The van der Waals surface area contributed by atoms with Gasteiger partial charge in [-0.1, -0.05) is 12.8 Å². The Morgan fingerprint density at radius 2 is 2.12 bits per heavy atom. The summed E-state index contributed by atoms with van der Waals surface area (Å²) in [4.78, 5) is 29.5. The van der Waals surface area contributed by atoms with Crippen LogP contribution >= 0.6 is 0 Å². The molecule has 1 saturated carbocycles. The van der Waals surface area contributed by atoms with E-state index in [2.05, 4.69) is 15.4 Å². The Balaban J connectivity index is 1.62. The van der Waals surface area contributed by atoms with Crippen molar-refractivity contribution in [3.05, 3.63) is 36.7 Å². The van der Waals surface area contributed by atoms with Crippen molar-refractivity contribution < 1.29 is 14.0 Å². The van der Waals surface area contributed by atoms with E-state index in [1.54, 1.807) is 7.05 Å². The molecule has 1 aliphatic carbocycles. The van der Waals surface area contributed by atoms with Gasteiger partial charge in [-0.2, -0.15) is 5.10 Å². The fourth-order valence-electron chi connectivity index (χ4n) is 3.12. The van der Waals surface area contributed by atoms with Crippen molar-refractivity contribution in [2.45, 2.75) is 25.7 Å². The summed E-state index contributed by atoms with van der Waals surface area (Å²) in [6, 6.07) is 4.13. The molecule has 0 bridgehead atoms. The second-order valence-corrected chi connectivity index (χ2v) is 6.30. The summed E-state index contributed by atoms with van der Waals surface area (Å²) in [6.07, 6.45) is 7.21. The number of hydrogen-bond donors (Lipinski definition) is 1. The van der Waals surface area contributed by atoms with Gasteiger partial charge in [-0.25, -0.2) is 14.1 Å². The van der Waals surface area contributed by atoms with Crippen molar-refractivity contribution in [2.75, 3.05) is 18.9 Å². The van der Waals surface area contributed by atoms with E-state index in [-0.39, 0.29) is 11.4 Å². The summed E-state index contributed by atoms with van der Waals surface area (Å²) in [5.41, 5.74) is 0.425. The van der Waals surface area contributed by atoms with Gasteiger partial charge < -0.3 is 10.2 Å². The monoisotopic (exact) mass is 345 g/mol. The number of carbonyl (C=O) groups is 2. The topological polar surface area (TPSA) is 80.1 Å². The Morgan fingerprint density at radius 1 is 1.36 bits per heavy atom. The maximum atomic E-state index is 14.2. The van der Waals surface area contributed by atoms with E-state index in [1.807, 2.05) is 0 Å². The zero-order valence-electron chi connectivity index (χ0n) is 14.0. The highest BCUT2D eigenvalue weighted by atomic mass is 19.1. The van der Waals surface area contributed by atoms with Crippen molar-refractivity contribution in [3.8, 4) is 5.69 Å². The van der Waals surface area contributed by atoms with Crippen molar-refractivity contribution in [2.24, 2.45) is 5.92 Å². The summed E-state index contributed by atoms with van der Waals surface area (Å²) < 4.78 is 15.4. The van der Waals surface area contributed by atoms with Crippen LogP contribution in [0.2, 0.25) is 0 Å². The fraction of sp³-hybridized carbons (Fsp3) is 0.412. The fourth-order valence-corrected chi connectivity index (χ4v) is 3.12. The SMILES string of the molecule is CN(CC1CCCC1)C(=O)C(=O)Nc1ccc(-n2cncn2)c(F)c1. The molecular formula is C17H20FN5O2. The Bertz CT molecular complexity index is 756. The number of rotatable bonds is 4. The summed E-state index contributed by atoms with van der Waals surface area (Å²) in [7, 11) is 1.62. The van der Waals surface area contributed by atoms with Gasteiger partial charge in [0.15, 0.2) is 5.82 Å². The number of likely N-dealkylation sites (N-methyl/N-ethyl adjacent to an activating group) is 1. The third kappa shape index (κ3) is 4.01. The lowest BCUT2D eigenvalue weighted by Gasteiger charge is -2.20. The molecule has 1 aliphatic rings. The van der Waals surface area contributed by atoms with Crippen LogP contribution in [0.4, 0.5) is 10.1 Å². The smallest absolute Gasteiger partial charge is 0.313 e. The number of carbonyl (C=O) groups excluding carboxylic acids is 2. The first-order valence-corrected chi connectivity index (χ1v) is 8.25. The van der Waals surface area contributed by atoms with E-state index >= 15 is 0 Å². The first kappa shape index (κ1) is 17.1. The lowest BCUT2D eigenvalue weighted by molar-refractivity contribution is -0.142. The Labute approximate surface area is 144 Å². The Hall–Kier alpha value is -2.77. The quantitative estimate of drug-likeness (QED) is 0.860. The standard InChI is InChI=1S/C17H20FN5O2/c1-22(9-12-4-2-3-5-12)17(25)16(24)21-13-6-7-15(14(18)8-13)23-11-19-10-20-23/h6-8,10-12H,2-5,9H2,1H3,(H,21,24). The molecule has 1 aromatic carbocycles. The normalized spacial score (nSPS) is 14.5. The van der Waals surface area contributed by atoms with Gasteiger partial charge in [0.1, 0.15) is 18.3 Å². The van der Waals surface area contributed by atoms with E-state index in [1.165, 1.54) is 47.2 Å². The number of benzene rings is 1. The van der Waals surface area contributed by atoms with Gasteiger partial charge in [0.05, 0.1) is 0 Å². The minimum atomic E-state index is -0.770. The summed E-state index contributed by atoms with van der Waals surface area (Å²) in [6.45, 7) is 0.575. The average Bonchev–Trinajstić information content (AvgIpc) is 3.27. The van der Waals surface area contributed by atoms with E-state index in [4.69, 9.17) is 0 Å². The van der Waals surface area contributed by atoms with Gasteiger partial charge in [0.25, 0.3) is 0 Å². The molecule has 8 heteroatoms. The number of halogens is 1. The Morgan fingerprint density at radius 3 is 2.76 bits per heavy atom. The van der Waals surface area contributed by atoms with Crippen LogP contribution in [-0.4, -0.2) is 45.1 Å². The maximum Gasteiger partial charge on any atom is 0.313 e. The molecule has 0 unspecified atom stereocenters. The molecule has 0 atom stereocenters. The van der Waals surface area contributed by atoms with Crippen molar-refractivity contribution in [3.63, 3.8) is 0 Å². The zero-order chi connectivity index (χ0) is 17.8. The van der Waals surface area contributed by atoms with Crippen LogP contribution in [0.15, 0.2) is 30.9 Å². The number of nitrogens with zero attached hydrogens (tertiary/aromatic N) is 4. The van der Waals surface area contributed by atoms with Gasteiger partial charge >= 0.3 is 11.8 Å². The molecule has 0 radical (unpaired) electrons. The van der Waals surface area contributed by atoms with Crippen LogP contribution < -0.4 is 5.32 Å². The maximum absolute atomic E-state index is 14.2. The molecular weight excluding hydrogens is 325 g/mol. The first-order valence-electron chi connectivity index (χ1n) is 8.25. The number of hydrogen-bond acceptors (Lipinski definition) is 4. The van der Waals surface area contributed by atoms with Crippen LogP contribution in [0.5, 0.6) is 0 Å². The van der Waals surface area contributed by atoms with Gasteiger partial charge in [-0.05, 0) is 37.0 Å². The molecule has 7 nitrogen and oxygen atoms in total.